The zero-order valence-corrected chi connectivity index (χ0v) is 15.8. The molecule has 0 spiro atoms. The minimum atomic E-state index is -0.976. The number of rotatable bonds is 5. The second kappa shape index (κ2) is 5.76. The minimum Gasteiger partial charge on any atom is -0.313 e. The molecule has 0 aliphatic heterocycles. The van der Waals surface area contributed by atoms with Crippen LogP contribution in [-0.2, 0) is 0 Å². The Morgan fingerprint density at radius 2 is 1.55 bits per heavy atom. The maximum absolute atomic E-state index is 3.87. The van der Waals surface area contributed by atoms with Gasteiger partial charge in [-0.25, -0.2) is 0 Å². The van der Waals surface area contributed by atoms with Crippen LogP contribution in [0.15, 0.2) is 0 Å². The third-order valence-electron chi connectivity index (χ3n) is 5.52. The fraction of sp³-hybridized carbons (Fsp3) is 1.00. The first-order valence-corrected chi connectivity index (χ1v) is 12.5. The number of hydrogen-bond acceptors (Lipinski definition) is 1. The molecule has 0 aromatic carbocycles. The molecular weight excluding hydrogens is 258 g/mol. The summed E-state index contributed by atoms with van der Waals surface area (Å²) in [5.74, 6) is 0.943. The molecule has 0 saturated heterocycles. The maximum atomic E-state index is 3.87. The fourth-order valence-electron chi connectivity index (χ4n) is 4.29. The molecule has 2 rings (SSSR count). The van der Waals surface area contributed by atoms with Crippen LogP contribution < -0.4 is 5.32 Å². The van der Waals surface area contributed by atoms with Gasteiger partial charge in [0.15, 0.2) is 0 Å². The largest absolute Gasteiger partial charge is 0.313 e. The van der Waals surface area contributed by atoms with Gasteiger partial charge in [-0.1, -0.05) is 46.5 Å². The first-order valence-electron chi connectivity index (χ1n) is 8.83. The molecular formula is C18H37NSi. The van der Waals surface area contributed by atoms with Gasteiger partial charge in [-0.15, -0.1) is 0 Å². The van der Waals surface area contributed by atoms with Crippen LogP contribution in [0.1, 0.15) is 59.3 Å². The Morgan fingerprint density at radius 1 is 1.00 bits per heavy atom. The van der Waals surface area contributed by atoms with E-state index >= 15 is 0 Å². The molecule has 0 aromatic rings. The topological polar surface area (TPSA) is 12.0 Å². The molecule has 2 aliphatic rings. The average molecular weight is 296 g/mol. The first kappa shape index (κ1) is 16.5. The predicted octanol–water partition coefficient (Wildman–Crippen LogP) is 5.30. The van der Waals surface area contributed by atoms with E-state index < -0.39 is 8.07 Å². The van der Waals surface area contributed by atoms with E-state index in [1.165, 1.54) is 51.1 Å². The highest BCUT2D eigenvalue weighted by atomic mass is 28.3. The molecule has 2 saturated carbocycles. The molecule has 0 heterocycles. The van der Waals surface area contributed by atoms with E-state index in [1.807, 2.05) is 0 Å². The van der Waals surface area contributed by atoms with Gasteiger partial charge in [-0.05, 0) is 55.3 Å². The number of hydrogen-bond donors (Lipinski definition) is 1. The number of nitrogens with one attached hydrogen (secondary N) is 1. The highest BCUT2D eigenvalue weighted by Crippen LogP contribution is 2.49. The zero-order valence-electron chi connectivity index (χ0n) is 14.8. The van der Waals surface area contributed by atoms with Crippen molar-refractivity contribution in [2.45, 2.75) is 91.0 Å². The van der Waals surface area contributed by atoms with E-state index in [4.69, 9.17) is 0 Å². The van der Waals surface area contributed by atoms with E-state index in [-0.39, 0.29) is 0 Å². The summed E-state index contributed by atoms with van der Waals surface area (Å²) >= 11 is 0. The normalized spacial score (nSPS) is 32.4. The van der Waals surface area contributed by atoms with E-state index in [0.717, 1.165) is 12.0 Å². The van der Waals surface area contributed by atoms with Crippen molar-refractivity contribution < 1.29 is 0 Å². The molecule has 0 radical (unpaired) electrons. The van der Waals surface area contributed by atoms with Gasteiger partial charge in [0.25, 0.3) is 0 Å². The minimum absolute atomic E-state index is 0.509. The molecule has 0 bridgehead atoms. The van der Waals surface area contributed by atoms with Crippen molar-refractivity contribution in [2.75, 3.05) is 6.54 Å². The van der Waals surface area contributed by atoms with Crippen molar-refractivity contribution >= 4 is 8.07 Å². The SMILES string of the molecule is CC(C)(C)C1CCC(CNC2CC2)(C[Si](C)(C)C)CC1. The van der Waals surface area contributed by atoms with Gasteiger partial charge >= 0.3 is 0 Å². The smallest absolute Gasteiger partial charge is 0.0448 e. The van der Waals surface area contributed by atoms with Crippen LogP contribution in [-0.4, -0.2) is 20.7 Å². The molecule has 118 valence electrons. The van der Waals surface area contributed by atoms with Crippen molar-refractivity contribution in [1.29, 1.82) is 0 Å². The summed E-state index contributed by atoms with van der Waals surface area (Å²) in [4.78, 5) is 0. The van der Waals surface area contributed by atoms with Gasteiger partial charge in [0, 0.05) is 20.7 Å². The fourth-order valence-corrected chi connectivity index (χ4v) is 7.01. The molecule has 1 nitrogen and oxygen atoms in total. The summed E-state index contributed by atoms with van der Waals surface area (Å²) in [6.07, 6.45) is 8.71. The zero-order chi connectivity index (χ0) is 15.0. The molecule has 0 aromatic heterocycles. The Morgan fingerprint density at radius 3 is 1.95 bits per heavy atom. The van der Waals surface area contributed by atoms with Gasteiger partial charge in [0.05, 0.1) is 0 Å². The van der Waals surface area contributed by atoms with Crippen LogP contribution in [0.4, 0.5) is 0 Å². The van der Waals surface area contributed by atoms with Crippen LogP contribution >= 0.6 is 0 Å². The van der Waals surface area contributed by atoms with Gasteiger partial charge in [0.1, 0.15) is 0 Å². The van der Waals surface area contributed by atoms with Crippen LogP contribution in [0, 0.1) is 16.7 Å². The average Bonchev–Trinajstić information content (AvgIpc) is 3.07. The molecule has 0 amide bonds. The second-order valence-corrected chi connectivity index (χ2v) is 15.5. The Hall–Kier alpha value is 0.177. The van der Waals surface area contributed by atoms with Gasteiger partial charge in [-0.3, -0.25) is 0 Å². The van der Waals surface area contributed by atoms with Gasteiger partial charge < -0.3 is 5.32 Å². The highest BCUT2D eigenvalue weighted by Gasteiger charge is 2.41. The Balaban J connectivity index is 1.97. The Labute approximate surface area is 128 Å². The van der Waals surface area contributed by atoms with Crippen LogP contribution in [0.5, 0.6) is 0 Å². The summed E-state index contributed by atoms with van der Waals surface area (Å²) in [6, 6.07) is 2.39. The van der Waals surface area contributed by atoms with E-state index in [0.29, 0.717) is 10.8 Å². The molecule has 2 heteroatoms. The lowest BCUT2D eigenvalue weighted by atomic mass is 9.64. The van der Waals surface area contributed by atoms with Crippen molar-refractivity contribution in [1.82, 2.24) is 5.32 Å². The Kier molecular flexibility index (Phi) is 4.76. The van der Waals surface area contributed by atoms with E-state index in [9.17, 15) is 0 Å². The lowest BCUT2D eigenvalue weighted by Crippen LogP contribution is -2.44. The molecule has 1 N–H and O–H groups in total. The summed E-state index contributed by atoms with van der Waals surface area (Å²) in [5.41, 5.74) is 1.14. The highest BCUT2D eigenvalue weighted by molar-refractivity contribution is 6.76. The summed E-state index contributed by atoms with van der Waals surface area (Å²) < 4.78 is 0. The Bertz CT molecular complexity index is 311. The second-order valence-electron chi connectivity index (χ2n) is 10.0. The van der Waals surface area contributed by atoms with Crippen molar-refractivity contribution in [2.24, 2.45) is 16.7 Å². The third kappa shape index (κ3) is 4.87. The molecule has 0 atom stereocenters. The lowest BCUT2D eigenvalue weighted by molar-refractivity contribution is 0.0975. The van der Waals surface area contributed by atoms with Crippen molar-refractivity contribution in [3.05, 3.63) is 0 Å². The van der Waals surface area contributed by atoms with Gasteiger partial charge in [0.2, 0.25) is 0 Å². The standard InChI is InChI=1S/C18H37NSi/c1-17(2,3)15-9-11-18(12-10-15,14-20(4,5)6)13-19-16-7-8-16/h15-16,19H,7-14H2,1-6H3. The van der Waals surface area contributed by atoms with E-state index in [1.54, 1.807) is 0 Å². The van der Waals surface area contributed by atoms with Crippen molar-refractivity contribution in [3.63, 3.8) is 0 Å². The maximum Gasteiger partial charge on any atom is 0.0448 e. The predicted molar refractivity (Wildman–Crippen MR) is 93.0 cm³/mol. The quantitative estimate of drug-likeness (QED) is 0.679. The molecule has 2 aliphatic carbocycles. The lowest BCUT2D eigenvalue weighted by Gasteiger charge is -2.46. The van der Waals surface area contributed by atoms with Crippen LogP contribution in [0.2, 0.25) is 25.7 Å². The van der Waals surface area contributed by atoms with E-state index in [2.05, 4.69) is 45.7 Å². The van der Waals surface area contributed by atoms with Crippen molar-refractivity contribution in [3.8, 4) is 0 Å². The molecule has 2 fully saturated rings. The van der Waals surface area contributed by atoms with Crippen LogP contribution in [0.3, 0.4) is 0 Å². The molecule has 0 unspecified atom stereocenters. The monoisotopic (exact) mass is 295 g/mol. The van der Waals surface area contributed by atoms with Gasteiger partial charge in [-0.2, -0.15) is 0 Å². The van der Waals surface area contributed by atoms with Crippen LogP contribution in [0.25, 0.3) is 0 Å². The summed E-state index contributed by atoms with van der Waals surface area (Å²) in [6.45, 7) is 16.3. The third-order valence-corrected chi connectivity index (χ3v) is 7.33. The summed E-state index contributed by atoms with van der Waals surface area (Å²) in [5, 5.41) is 3.87. The summed E-state index contributed by atoms with van der Waals surface area (Å²) in [7, 11) is -0.976. The molecule has 20 heavy (non-hydrogen) atoms. The first-order chi connectivity index (χ1) is 9.10.